The SMILES string of the molecule is CCCN(Cc1ccc(F)cc1)c1c2c(nc3c(-c4ccc(OC)cc4Cl)c(C)nn13)COC2. The Labute approximate surface area is 202 Å². The molecule has 1 aliphatic rings. The second kappa shape index (κ2) is 9.24. The van der Waals surface area contributed by atoms with Gasteiger partial charge in [0.15, 0.2) is 5.65 Å². The lowest BCUT2D eigenvalue weighted by Gasteiger charge is -2.27. The molecule has 0 saturated heterocycles. The van der Waals surface area contributed by atoms with Crippen LogP contribution in [0.3, 0.4) is 0 Å². The van der Waals surface area contributed by atoms with Crippen LogP contribution < -0.4 is 9.64 Å². The van der Waals surface area contributed by atoms with E-state index in [-0.39, 0.29) is 5.82 Å². The fourth-order valence-corrected chi connectivity index (χ4v) is 4.81. The third-order valence-electron chi connectivity index (χ3n) is 6.11. The first-order valence-corrected chi connectivity index (χ1v) is 11.7. The lowest BCUT2D eigenvalue weighted by Crippen LogP contribution is -2.27. The molecule has 2 aromatic carbocycles. The van der Waals surface area contributed by atoms with Gasteiger partial charge in [0.2, 0.25) is 0 Å². The first-order valence-electron chi connectivity index (χ1n) is 11.3. The van der Waals surface area contributed by atoms with E-state index in [0.29, 0.717) is 30.5 Å². The fraction of sp³-hybridized carbons (Fsp3) is 0.308. The third-order valence-corrected chi connectivity index (χ3v) is 6.42. The molecule has 34 heavy (non-hydrogen) atoms. The number of hydrogen-bond donors (Lipinski definition) is 0. The highest BCUT2D eigenvalue weighted by atomic mass is 35.5. The van der Waals surface area contributed by atoms with E-state index in [2.05, 4.69) is 11.8 Å². The van der Waals surface area contributed by atoms with E-state index in [1.807, 2.05) is 35.7 Å². The second-order valence-corrected chi connectivity index (χ2v) is 8.85. The molecule has 0 saturated carbocycles. The standard InChI is InChI=1S/C26H26ClFN4O2/c1-4-11-31(13-17-5-7-18(28)8-6-17)26-21-14-34-15-23(21)29-25-24(16(2)30-32(25)26)20-10-9-19(33-3)12-22(20)27/h5-10,12H,4,11,13-15H2,1-3H3. The van der Waals surface area contributed by atoms with Crippen molar-refractivity contribution in [3.8, 4) is 16.9 Å². The Kier molecular flexibility index (Phi) is 6.15. The summed E-state index contributed by atoms with van der Waals surface area (Å²) in [5, 5.41) is 5.49. The van der Waals surface area contributed by atoms with Crippen LogP contribution in [-0.2, 0) is 24.5 Å². The van der Waals surface area contributed by atoms with Crippen molar-refractivity contribution in [2.75, 3.05) is 18.6 Å². The summed E-state index contributed by atoms with van der Waals surface area (Å²) in [5.41, 5.74) is 6.29. The molecule has 5 rings (SSSR count). The smallest absolute Gasteiger partial charge is 0.165 e. The Morgan fingerprint density at radius 3 is 2.68 bits per heavy atom. The van der Waals surface area contributed by atoms with Crippen molar-refractivity contribution in [2.45, 2.75) is 40.0 Å². The van der Waals surface area contributed by atoms with Gasteiger partial charge in [-0.05, 0) is 49.2 Å². The van der Waals surface area contributed by atoms with Crippen LogP contribution >= 0.6 is 11.6 Å². The average molecular weight is 481 g/mol. The molecule has 0 unspecified atom stereocenters. The molecule has 3 heterocycles. The van der Waals surface area contributed by atoms with E-state index < -0.39 is 0 Å². The molecular weight excluding hydrogens is 455 g/mol. The maximum atomic E-state index is 13.5. The molecule has 0 aliphatic carbocycles. The van der Waals surface area contributed by atoms with E-state index >= 15 is 0 Å². The van der Waals surface area contributed by atoms with Gasteiger partial charge in [0, 0.05) is 24.2 Å². The zero-order chi connectivity index (χ0) is 23.8. The molecule has 0 bridgehead atoms. The van der Waals surface area contributed by atoms with Gasteiger partial charge in [-0.3, -0.25) is 0 Å². The van der Waals surface area contributed by atoms with Crippen LogP contribution in [-0.4, -0.2) is 28.3 Å². The van der Waals surface area contributed by atoms with Crippen LogP contribution in [0.15, 0.2) is 42.5 Å². The molecule has 0 fully saturated rings. The Morgan fingerprint density at radius 1 is 1.18 bits per heavy atom. The van der Waals surface area contributed by atoms with Gasteiger partial charge in [-0.2, -0.15) is 9.61 Å². The average Bonchev–Trinajstić information content (AvgIpc) is 3.42. The highest BCUT2D eigenvalue weighted by Crippen LogP contribution is 2.39. The number of aromatic nitrogens is 3. The second-order valence-electron chi connectivity index (χ2n) is 8.44. The van der Waals surface area contributed by atoms with Gasteiger partial charge < -0.3 is 14.4 Å². The molecule has 8 heteroatoms. The molecule has 176 valence electrons. The first kappa shape index (κ1) is 22.6. The quantitative estimate of drug-likeness (QED) is 0.327. The van der Waals surface area contributed by atoms with Gasteiger partial charge in [-0.25, -0.2) is 9.37 Å². The van der Waals surface area contributed by atoms with Gasteiger partial charge >= 0.3 is 0 Å². The lowest BCUT2D eigenvalue weighted by molar-refractivity contribution is 0.133. The molecule has 1 aliphatic heterocycles. The predicted molar refractivity (Wildman–Crippen MR) is 131 cm³/mol. The largest absolute Gasteiger partial charge is 0.497 e. The zero-order valence-electron chi connectivity index (χ0n) is 19.4. The van der Waals surface area contributed by atoms with E-state index in [0.717, 1.165) is 58.1 Å². The van der Waals surface area contributed by atoms with E-state index in [4.69, 9.17) is 31.2 Å². The van der Waals surface area contributed by atoms with Crippen molar-refractivity contribution >= 4 is 23.1 Å². The normalized spacial score (nSPS) is 12.9. The molecule has 2 aromatic heterocycles. The highest BCUT2D eigenvalue weighted by molar-refractivity contribution is 6.33. The van der Waals surface area contributed by atoms with Crippen LogP contribution in [0.25, 0.3) is 16.8 Å². The van der Waals surface area contributed by atoms with Gasteiger partial charge in [0.05, 0.1) is 42.3 Å². The van der Waals surface area contributed by atoms with Crippen molar-refractivity contribution in [3.63, 3.8) is 0 Å². The predicted octanol–water partition coefficient (Wildman–Crippen LogP) is 5.95. The summed E-state index contributed by atoms with van der Waals surface area (Å²) < 4.78 is 26.5. The van der Waals surface area contributed by atoms with E-state index in [1.54, 1.807) is 13.2 Å². The monoisotopic (exact) mass is 480 g/mol. The Bertz CT molecular complexity index is 1350. The Balaban J connectivity index is 1.70. The molecule has 4 aromatic rings. The number of halogens is 2. The van der Waals surface area contributed by atoms with E-state index in [9.17, 15) is 4.39 Å². The third kappa shape index (κ3) is 3.99. The molecule has 0 atom stereocenters. The van der Waals surface area contributed by atoms with Crippen molar-refractivity contribution in [1.29, 1.82) is 0 Å². The topological polar surface area (TPSA) is 51.9 Å². The van der Waals surface area contributed by atoms with Crippen molar-refractivity contribution in [1.82, 2.24) is 14.6 Å². The van der Waals surface area contributed by atoms with Crippen LogP contribution in [0.5, 0.6) is 5.75 Å². The minimum atomic E-state index is -0.241. The van der Waals surface area contributed by atoms with Gasteiger partial charge in [0.1, 0.15) is 17.4 Å². The van der Waals surface area contributed by atoms with Gasteiger partial charge in [-0.1, -0.05) is 30.7 Å². The van der Waals surface area contributed by atoms with Crippen LogP contribution in [0.4, 0.5) is 10.2 Å². The Morgan fingerprint density at radius 2 is 1.97 bits per heavy atom. The number of aryl methyl sites for hydroxylation is 1. The Hall–Kier alpha value is -3.16. The molecular formula is C26H26ClFN4O2. The number of rotatable bonds is 7. The lowest BCUT2D eigenvalue weighted by atomic mass is 10.1. The summed E-state index contributed by atoms with van der Waals surface area (Å²) in [6.07, 6.45) is 0.943. The number of fused-ring (bicyclic) bond motifs is 2. The van der Waals surface area contributed by atoms with Crippen molar-refractivity contribution in [2.24, 2.45) is 0 Å². The molecule has 6 nitrogen and oxygen atoms in total. The summed E-state index contributed by atoms with van der Waals surface area (Å²) >= 11 is 6.65. The molecule has 0 amide bonds. The summed E-state index contributed by atoms with van der Waals surface area (Å²) in [5.74, 6) is 1.41. The fourth-order valence-electron chi connectivity index (χ4n) is 4.54. The number of benzene rings is 2. The summed E-state index contributed by atoms with van der Waals surface area (Å²) in [7, 11) is 1.62. The van der Waals surface area contributed by atoms with Gasteiger partial charge in [0.25, 0.3) is 0 Å². The number of hydrogen-bond acceptors (Lipinski definition) is 5. The number of ether oxygens (including phenoxy) is 2. The van der Waals surface area contributed by atoms with E-state index in [1.165, 1.54) is 12.1 Å². The zero-order valence-corrected chi connectivity index (χ0v) is 20.2. The maximum absolute atomic E-state index is 13.5. The minimum absolute atomic E-state index is 0.241. The van der Waals surface area contributed by atoms with Gasteiger partial charge in [-0.15, -0.1) is 0 Å². The highest BCUT2D eigenvalue weighted by Gasteiger charge is 2.28. The minimum Gasteiger partial charge on any atom is -0.497 e. The van der Waals surface area contributed by atoms with Crippen molar-refractivity contribution < 1.29 is 13.9 Å². The summed E-state index contributed by atoms with van der Waals surface area (Å²) in [6.45, 7) is 6.48. The maximum Gasteiger partial charge on any atom is 0.165 e. The number of nitrogens with zero attached hydrogens (tertiary/aromatic N) is 4. The van der Waals surface area contributed by atoms with Crippen LogP contribution in [0.1, 0.15) is 35.9 Å². The molecule has 0 radical (unpaired) electrons. The molecule has 0 spiro atoms. The first-order chi connectivity index (χ1) is 16.5. The number of anilines is 1. The molecule has 0 N–H and O–H groups in total. The summed E-state index contributed by atoms with van der Waals surface area (Å²) in [6, 6.07) is 12.3. The van der Waals surface area contributed by atoms with Crippen molar-refractivity contribution in [3.05, 3.63) is 75.8 Å². The number of methoxy groups -OCH3 is 1. The van der Waals surface area contributed by atoms with Crippen LogP contribution in [0.2, 0.25) is 5.02 Å². The summed E-state index contributed by atoms with van der Waals surface area (Å²) in [4.78, 5) is 7.25. The van der Waals surface area contributed by atoms with Crippen LogP contribution in [0, 0.1) is 12.7 Å².